The molecule has 4 atom stereocenters. The monoisotopic (exact) mass is 1440 g/mol. The lowest BCUT2D eigenvalue weighted by atomic mass is 9.94. The maximum absolute atomic E-state index is 13.0. The van der Waals surface area contributed by atoms with Gasteiger partial charge in [-0.15, -0.1) is 13.2 Å². The predicted molar refractivity (Wildman–Crippen MR) is 399 cm³/mol. The zero-order valence-corrected chi connectivity index (χ0v) is 58.6. The van der Waals surface area contributed by atoms with Gasteiger partial charge in [0.2, 0.25) is 0 Å². The van der Waals surface area contributed by atoms with E-state index < -0.39 is 12.4 Å². The Morgan fingerprint density at radius 1 is 0.392 bits per heavy atom. The van der Waals surface area contributed by atoms with Gasteiger partial charge in [-0.25, -0.2) is 0 Å². The number of alkyl halides is 3. The third kappa shape index (κ3) is 14.1. The van der Waals surface area contributed by atoms with E-state index >= 15 is 0 Å². The molecule has 17 nitrogen and oxygen atoms in total. The number of ketones is 4. The first-order valence-electron chi connectivity index (χ1n) is 32.6. The number of hydrogen-bond acceptors (Lipinski definition) is 13. The average Bonchev–Trinajstić information content (AvgIpc) is 1.61. The maximum atomic E-state index is 13.0. The van der Waals surface area contributed by atoms with E-state index in [1.54, 1.807) is 44.6 Å². The Hall–Kier alpha value is -11.1. The Morgan fingerprint density at radius 3 is 1.03 bits per heavy atom. The van der Waals surface area contributed by atoms with Crippen molar-refractivity contribution in [1.82, 2.24) is 42.5 Å². The number of carbonyl (C=O) groups excluding carboxylic acids is 4. The minimum Gasteiger partial charge on any atom is -0.497 e. The first-order valence-corrected chi connectivity index (χ1v) is 34.2. The number of thiocarbonyl (C=S) groups is 4. The average molecular weight is 1440 g/mol. The Bertz CT molecular complexity index is 4950. The summed E-state index contributed by atoms with van der Waals surface area (Å²) in [5.74, 6) is 2.44. The second-order valence-electron chi connectivity index (χ2n) is 24.6. The van der Waals surface area contributed by atoms with Crippen LogP contribution in [0.25, 0.3) is 22.8 Å². The van der Waals surface area contributed by atoms with Gasteiger partial charge >= 0.3 is 6.36 Å². The standard InChI is InChI=1S/C21H20N2O2S.C20H18N2O2S.C19H16N2O3S.C18H11F3N2O2S/c1-2-3-11-25-14-8-6-7-13(12-14)18-17-19(23-21(26)22-18)15-9-4-5-10-16(15)20(17)24;1-11(2)24-13-7-5-6-12(10-13)17-16-18(22-20(25)21-17)14-8-3-4-9-15(14)19(16)23;1-23-11-7-10(8-12(9-11)24-2)16-15-17(21-19(25)20-16)13-5-3-4-6-14(13)18(15)22;19-18(20,21)25-10-5-3-4-9(8-10)14-13-15(23-17(26)22-14)11-6-1-2-7-12(11)16(13)24/h4-10,12,18H,2-3,11H2,1H3,(H2,22,23,26);3-11,17H,1-2H3,(H2,21,22,25);3-9,16H,1-2H3,(H2,20,21,25);1-8,14H,(H2,22,23,26). The van der Waals surface area contributed by atoms with Crippen molar-refractivity contribution in [3.8, 4) is 28.7 Å². The number of nitrogens with one attached hydrogen (secondary N) is 8. The summed E-state index contributed by atoms with van der Waals surface area (Å²) in [6, 6.07) is 55.0. The number of Topliss-reactive ketones (excluding diaryl/α,β-unsaturated/α-hetero) is 4. The number of fused-ring (bicyclic) bond motifs is 8. The van der Waals surface area contributed by atoms with Gasteiger partial charge in [0.15, 0.2) is 43.6 Å². The Balaban J connectivity index is 0.000000121. The summed E-state index contributed by atoms with van der Waals surface area (Å²) in [4.78, 5) is 51.8. The van der Waals surface area contributed by atoms with Gasteiger partial charge in [0, 0.05) is 50.6 Å². The van der Waals surface area contributed by atoms with Crippen LogP contribution in [-0.2, 0) is 0 Å². The fraction of sp³-hybridized carbons (Fsp3) is 0.179. The summed E-state index contributed by atoms with van der Waals surface area (Å²) >= 11 is 21.4. The number of ether oxygens (including phenoxy) is 5. The van der Waals surface area contributed by atoms with E-state index in [9.17, 15) is 32.3 Å². The fourth-order valence-corrected chi connectivity index (χ4v) is 14.2. The van der Waals surface area contributed by atoms with E-state index in [0.717, 1.165) is 85.9 Å². The van der Waals surface area contributed by atoms with Gasteiger partial charge in [-0.3, -0.25) is 19.2 Å². The molecular formula is C78H65F3N8O9S4. The van der Waals surface area contributed by atoms with Crippen molar-refractivity contribution in [3.63, 3.8) is 0 Å². The summed E-state index contributed by atoms with van der Waals surface area (Å²) < 4.78 is 63.8. The number of benzene rings is 8. The molecule has 0 bridgehead atoms. The van der Waals surface area contributed by atoms with Crippen LogP contribution in [0, 0.1) is 0 Å². The molecule has 4 aliphatic carbocycles. The van der Waals surface area contributed by atoms with E-state index in [2.05, 4.69) is 54.2 Å². The molecule has 0 saturated heterocycles. The molecule has 16 rings (SSSR count). The zero-order chi connectivity index (χ0) is 71.7. The molecule has 4 aliphatic heterocycles. The van der Waals surface area contributed by atoms with Gasteiger partial charge in [0.25, 0.3) is 0 Å². The van der Waals surface area contributed by atoms with E-state index in [1.807, 2.05) is 153 Å². The molecule has 4 unspecified atom stereocenters. The van der Waals surface area contributed by atoms with Crippen molar-refractivity contribution in [1.29, 1.82) is 0 Å². The van der Waals surface area contributed by atoms with Crippen LogP contribution in [0.5, 0.6) is 28.7 Å². The molecule has 0 radical (unpaired) electrons. The van der Waals surface area contributed by atoms with Crippen LogP contribution >= 0.6 is 48.9 Å². The van der Waals surface area contributed by atoms with Crippen LogP contribution in [0.1, 0.15) is 144 Å². The lowest BCUT2D eigenvalue weighted by molar-refractivity contribution is -0.274. The van der Waals surface area contributed by atoms with Crippen molar-refractivity contribution < 1.29 is 56.0 Å². The summed E-state index contributed by atoms with van der Waals surface area (Å²) in [6.07, 6.45) is -2.60. The number of unbranched alkanes of at least 4 members (excludes halogenated alkanes) is 1. The Morgan fingerprint density at radius 2 is 0.696 bits per heavy atom. The van der Waals surface area contributed by atoms with Gasteiger partial charge in [-0.2, -0.15) is 0 Å². The highest BCUT2D eigenvalue weighted by Crippen LogP contribution is 2.46. The highest BCUT2D eigenvalue weighted by atomic mass is 32.1. The molecule has 8 aromatic carbocycles. The van der Waals surface area contributed by atoms with Crippen molar-refractivity contribution in [2.75, 3.05) is 20.8 Å². The van der Waals surface area contributed by atoms with Crippen LogP contribution < -0.4 is 66.2 Å². The largest absolute Gasteiger partial charge is 0.573 e. The molecule has 0 saturated carbocycles. The molecule has 102 heavy (non-hydrogen) atoms. The SMILES string of the molecule is CC(C)Oc1cccc(C2NC(=S)NC3=C2C(=O)c2ccccc23)c1.CCCCOc1cccc(C2NC(=S)NC3=C2C(=O)c2ccccc23)c1.COc1cc(OC)cc(C2NC(=S)NC3=C2C(=O)c2ccccc23)c1.O=C1C2=C(NC(=S)NC2c2cccc(OC(F)(F)F)c2)c2ccccc21. The van der Waals surface area contributed by atoms with Gasteiger partial charge < -0.3 is 66.2 Å². The number of rotatable bonds is 13. The van der Waals surface area contributed by atoms with Crippen LogP contribution in [0.2, 0.25) is 0 Å². The molecule has 8 aromatic rings. The Labute approximate surface area is 607 Å². The molecule has 4 heterocycles. The Kier molecular flexibility index (Phi) is 19.9. The van der Waals surface area contributed by atoms with Gasteiger partial charge in [0.05, 0.1) is 96.2 Å². The summed E-state index contributed by atoms with van der Waals surface area (Å²) in [5.41, 5.74) is 14.8. The zero-order valence-electron chi connectivity index (χ0n) is 55.3. The quantitative estimate of drug-likeness (QED) is 0.0398. The molecule has 24 heteroatoms. The second-order valence-corrected chi connectivity index (χ2v) is 26.2. The topological polar surface area (TPSA) is 211 Å². The van der Waals surface area contributed by atoms with Crippen LogP contribution in [0.3, 0.4) is 0 Å². The normalized spacial score (nSPS) is 18.4. The highest BCUT2D eigenvalue weighted by Gasteiger charge is 2.43. The molecule has 8 aliphatic rings. The van der Waals surface area contributed by atoms with Gasteiger partial charge in [0.1, 0.15) is 28.7 Å². The molecule has 0 spiro atoms. The molecular weight excluding hydrogens is 1380 g/mol. The molecule has 0 fully saturated rings. The maximum Gasteiger partial charge on any atom is 0.573 e. The van der Waals surface area contributed by atoms with E-state index in [4.69, 9.17) is 67.8 Å². The third-order valence-electron chi connectivity index (χ3n) is 17.7. The lowest BCUT2D eigenvalue weighted by Gasteiger charge is -2.28. The van der Waals surface area contributed by atoms with E-state index in [1.165, 1.54) is 18.2 Å². The molecule has 0 aromatic heterocycles. The van der Waals surface area contributed by atoms with Crippen molar-refractivity contribution >= 4 is 115 Å². The first kappa shape index (κ1) is 69.4. The van der Waals surface area contributed by atoms with E-state index in [0.29, 0.717) is 88.8 Å². The second kappa shape index (κ2) is 29.3. The smallest absolute Gasteiger partial charge is 0.497 e. The highest BCUT2D eigenvalue weighted by molar-refractivity contribution is 7.80. The summed E-state index contributed by atoms with van der Waals surface area (Å²) in [5, 5.41) is 26.9. The first-order chi connectivity index (χ1) is 49.2. The summed E-state index contributed by atoms with van der Waals surface area (Å²) in [6.45, 7) is 6.80. The van der Waals surface area contributed by atoms with Gasteiger partial charge in [-0.1, -0.05) is 147 Å². The summed E-state index contributed by atoms with van der Waals surface area (Å²) in [7, 11) is 3.20. The van der Waals surface area contributed by atoms with E-state index in [-0.39, 0.29) is 53.1 Å². The van der Waals surface area contributed by atoms with Crippen molar-refractivity contribution in [2.45, 2.75) is 70.2 Å². The number of hydrogen-bond donors (Lipinski definition) is 8. The third-order valence-corrected chi connectivity index (χ3v) is 18.6. The lowest BCUT2D eigenvalue weighted by Crippen LogP contribution is -2.43. The number of halogens is 3. The van der Waals surface area contributed by atoms with Crippen LogP contribution in [0.4, 0.5) is 13.2 Å². The van der Waals surface area contributed by atoms with Crippen LogP contribution in [0.15, 0.2) is 210 Å². The minimum absolute atomic E-state index is 0.000105. The molecule has 516 valence electrons. The molecule has 8 N–H and O–H groups in total. The minimum atomic E-state index is -4.79. The predicted octanol–water partition coefficient (Wildman–Crippen LogP) is 14.1. The number of methoxy groups -OCH3 is 2. The molecule has 0 amide bonds. The van der Waals surface area contributed by atoms with Crippen LogP contribution in [-0.4, -0.2) is 76.9 Å². The van der Waals surface area contributed by atoms with Gasteiger partial charge in [-0.05, 0) is 140 Å². The van der Waals surface area contributed by atoms with Crippen molar-refractivity contribution in [3.05, 3.63) is 277 Å². The number of carbonyl (C=O) groups is 4. The fourth-order valence-electron chi connectivity index (χ4n) is 13.3. The van der Waals surface area contributed by atoms with Crippen molar-refractivity contribution in [2.24, 2.45) is 0 Å².